The van der Waals surface area contributed by atoms with E-state index in [4.69, 9.17) is 10.5 Å². The van der Waals surface area contributed by atoms with E-state index in [-0.39, 0.29) is 6.04 Å². The van der Waals surface area contributed by atoms with E-state index in [9.17, 15) is 4.21 Å². The maximum atomic E-state index is 12.2. The van der Waals surface area contributed by atoms with Crippen molar-refractivity contribution in [1.82, 2.24) is 0 Å². The highest BCUT2D eigenvalue weighted by molar-refractivity contribution is 7.84. The van der Waals surface area contributed by atoms with E-state index in [1.165, 1.54) is 0 Å². The van der Waals surface area contributed by atoms with Gasteiger partial charge >= 0.3 is 0 Å². The molecule has 1 aromatic carbocycles. The summed E-state index contributed by atoms with van der Waals surface area (Å²) in [4.78, 5) is 0. The molecule has 0 heterocycles. The van der Waals surface area contributed by atoms with Gasteiger partial charge in [0.15, 0.2) is 0 Å². The zero-order valence-corrected chi connectivity index (χ0v) is 13.8. The molecule has 4 heteroatoms. The van der Waals surface area contributed by atoms with Gasteiger partial charge in [-0.3, -0.25) is 4.21 Å². The zero-order valence-electron chi connectivity index (χ0n) is 13.0. The van der Waals surface area contributed by atoms with Gasteiger partial charge in [-0.05, 0) is 43.9 Å². The van der Waals surface area contributed by atoms with Crippen molar-refractivity contribution in [2.45, 2.75) is 45.9 Å². The van der Waals surface area contributed by atoms with Crippen molar-refractivity contribution < 1.29 is 8.95 Å². The molecule has 0 bridgehead atoms. The second kappa shape index (κ2) is 8.42. The molecule has 0 aliphatic rings. The molecule has 3 nitrogen and oxygen atoms in total. The molecule has 0 saturated carbocycles. The van der Waals surface area contributed by atoms with Gasteiger partial charge in [-0.25, -0.2) is 0 Å². The Morgan fingerprint density at radius 3 is 2.55 bits per heavy atom. The van der Waals surface area contributed by atoms with Crippen molar-refractivity contribution in [3.8, 4) is 5.75 Å². The quantitative estimate of drug-likeness (QED) is 0.800. The van der Waals surface area contributed by atoms with Crippen molar-refractivity contribution in [2.24, 2.45) is 11.7 Å². The molecular weight excluding hydrogens is 270 g/mol. The van der Waals surface area contributed by atoms with E-state index < -0.39 is 10.8 Å². The molecule has 0 aliphatic carbocycles. The van der Waals surface area contributed by atoms with Gasteiger partial charge in [-0.2, -0.15) is 0 Å². The summed E-state index contributed by atoms with van der Waals surface area (Å²) >= 11 is 0. The lowest BCUT2D eigenvalue weighted by Gasteiger charge is -2.14. The summed E-state index contributed by atoms with van der Waals surface area (Å²) < 4.78 is 17.8. The number of hydrogen-bond donors (Lipinski definition) is 1. The summed E-state index contributed by atoms with van der Waals surface area (Å²) in [5, 5.41) is 0. The van der Waals surface area contributed by atoms with E-state index >= 15 is 0 Å². The monoisotopic (exact) mass is 297 g/mol. The maximum Gasteiger partial charge on any atom is 0.123 e. The summed E-state index contributed by atoms with van der Waals surface area (Å²) in [5.74, 6) is 2.70. The Hall–Kier alpha value is -0.870. The highest BCUT2D eigenvalue weighted by Gasteiger charge is 2.11. The van der Waals surface area contributed by atoms with Gasteiger partial charge in [-0.15, -0.1) is 0 Å². The number of ether oxygens (including phenoxy) is 1. The first-order chi connectivity index (χ1) is 9.43. The number of nitrogens with two attached hydrogens (primary N) is 1. The lowest BCUT2D eigenvalue weighted by atomic mass is 10.1. The van der Waals surface area contributed by atoms with E-state index in [0.717, 1.165) is 29.1 Å². The van der Waals surface area contributed by atoms with Crippen LogP contribution in [0.2, 0.25) is 0 Å². The molecule has 2 N–H and O–H groups in total. The molecule has 2 atom stereocenters. The number of rotatable bonds is 8. The van der Waals surface area contributed by atoms with Crippen molar-refractivity contribution in [3.05, 3.63) is 29.3 Å². The van der Waals surface area contributed by atoms with Crippen LogP contribution in [0.4, 0.5) is 0 Å². The second-order valence-electron chi connectivity index (χ2n) is 5.56. The van der Waals surface area contributed by atoms with Crippen LogP contribution in [0.5, 0.6) is 5.75 Å². The standard InChI is InChI=1S/C16H27NO2S/c1-5-19-16-7-6-14(13(4)17)10-15(16)11-20(18)9-8-12(2)3/h6-7,10,12-13H,5,8-9,11,17H2,1-4H3. The van der Waals surface area contributed by atoms with Gasteiger partial charge in [0, 0.05) is 28.2 Å². The van der Waals surface area contributed by atoms with E-state index in [2.05, 4.69) is 13.8 Å². The van der Waals surface area contributed by atoms with Crippen molar-refractivity contribution in [1.29, 1.82) is 0 Å². The Kier molecular flexibility index (Phi) is 7.24. The topological polar surface area (TPSA) is 52.3 Å². The largest absolute Gasteiger partial charge is 0.494 e. The summed E-state index contributed by atoms with van der Waals surface area (Å²) in [5.41, 5.74) is 7.98. The van der Waals surface area contributed by atoms with Crippen LogP contribution in [0, 0.1) is 5.92 Å². The molecule has 114 valence electrons. The van der Waals surface area contributed by atoms with E-state index in [0.29, 0.717) is 18.3 Å². The van der Waals surface area contributed by atoms with Crippen LogP contribution in [0.1, 0.15) is 51.3 Å². The van der Waals surface area contributed by atoms with Crippen LogP contribution in [0.3, 0.4) is 0 Å². The fourth-order valence-electron chi connectivity index (χ4n) is 1.90. The van der Waals surface area contributed by atoms with Gasteiger partial charge < -0.3 is 10.5 Å². The molecule has 0 amide bonds. The third-order valence-electron chi connectivity index (χ3n) is 3.15. The van der Waals surface area contributed by atoms with Crippen LogP contribution in [-0.4, -0.2) is 16.6 Å². The predicted molar refractivity (Wildman–Crippen MR) is 86.4 cm³/mol. The minimum absolute atomic E-state index is 0.0199. The van der Waals surface area contributed by atoms with Crippen LogP contribution in [0.15, 0.2) is 18.2 Å². The van der Waals surface area contributed by atoms with Gasteiger partial charge in [0.25, 0.3) is 0 Å². The van der Waals surface area contributed by atoms with Crippen LogP contribution in [0.25, 0.3) is 0 Å². The Morgan fingerprint density at radius 1 is 1.30 bits per heavy atom. The molecule has 1 rings (SSSR count). The predicted octanol–water partition coefficient (Wildman–Crippen LogP) is 3.40. The van der Waals surface area contributed by atoms with Crippen LogP contribution >= 0.6 is 0 Å². The third kappa shape index (κ3) is 5.63. The molecule has 0 aliphatic heterocycles. The number of benzene rings is 1. The lowest BCUT2D eigenvalue weighted by molar-refractivity contribution is 0.337. The lowest BCUT2D eigenvalue weighted by Crippen LogP contribution is -2.09. The van der Waals surface area contributed by atoms with Gasteiger partial charge in [0.1, 0.15) is 5.75 Å². The maximum absolute atomic E-state index is 12.2. The summed E-state index contributed by atoms with van der Waals surface area (Å²) in [7, 11) is -0.848. The fourth-order valence-corrected chi connectivity index (χ4v) is 3.36. The molecule has 2 unspecified atom stereocenters. The van der Waals surface area contributed by atoms with Gasteiger partial charge in [-0.1, -0.05) is 19.9 Å². The van der Waals surface area contributed by atoms with Crippen LogP contribution in [-0.2, 0) is 16.6 Å². The molecule has 0 spiro atoms. The van der Waals surface area contributed by atoms with Crippen molar-refractivity contribution in [3.63, 3.8) is 0 Å². The molecular formula is C16H27NO2S. The smallest absolute Gasteiger partial charge is 0.123 e. The molecule has 1 aromatic rings. The molecule has 0 radical (unpaired) electrons. The van der Waals surface area contributed by atoms with Gasteiger partial charge in [0.2, 0.25) is 0 Å². The summed E-state index contributed by atoms with van der Waals surface area (Å²) in [6.07, 6.45) is 0.990. The van der Waals surface area contributed by atoms with Gasteiger partial charge in [0.05, 0.1) is 12.4 Å². The normalized spacial score (nSPS) is 14.3. The molecule has 20 heavy (non-hydrogen) atoms. The fraction of sp³-hybridized carbons (Fsp3) is 0.625. The first-order valence-electron chi connectivity index (χ1n) is 7.30. The zero-order chi connectivity index (χ0) is 15.1. The van der Waals surface area contributed by atoms with E-state index in [1.807, 2.05) is 32.0 Å². The van der Waals surface area contributed by atoms with Crippen molar-refractivity contribution >= 4 is 10.8 Å². The molecule has 0 fully saturated rings. The Labute approximate surface area is 125 Å². The molecule has 0 saturated heterocycles. The summed E-state index contributed by atoms with van der Waals surface area (Å²) in [6, 6.07) is 5.93. The minimum atomic E-state index is -0.848. The number of hydrogen-bond acceptors (Lipinski definition) is 3. The average molecular weight is 297 g/mol. The average Bonchev–Trinajstić information content (AvgIpc) is 2.38. The van der Waals surface area contributed by atoms with E-state index in [1.54, 1.807) is 0 Å². The first-order valence-corrected chi connectivity index (χ1v) is 8.79. The summed E-state index contributed by atoms with van der Waals surface area (Å²) in [6.45, 7) is 8.83. The third-order valence-corrected chi connectivity index (χ3v) is 4.47. The Morgan fingerprint density at radius 2 is 2.00 bits per heavy atom. The SMILES string of the molecule is CCOc1ccc(C(C)N)cc1CS(=O)CCC(C)C. The highest BCUT2D eigenvalue weighted by Crippen LogP contribution is 2.24. The molecule has 0 aromatic heterocycles. The highest BCUT2D eigenvalue weighted by atomic mass is 32.2. The van der Waals surface area contributed by atoms with Crippen molar-refractivity contribution in [2.75, 3.05) is 12.4 Å². The Balaban J connectivity index is 2.83. The minimum Gasteiger partial charge on any atom is -0.494 e. The van der Waals surface area contributed by atoms with Crippen LogP contribution < -0.4 is 10.5 Å². The Bertz CT molecular complexity index is 444. The first kappa shape index (κ1) is 17.2. The second-order valence-corrected chi connectivity index (χ2v) is 7.14.